The fourth-order valence-electron chi connectivity index (χ4n) is 3.23. The smallest absolute Gasteiger partial charge is 0.230 e. The maximum absolute atomic E-state index is 13.0. The second-order valence-corrected chi connectivity index (χ2v) is 6.14. The van der Waals surface area contributed by atoms with E-state index in [1.165, 1.54) is 12.8 Å². The maximum Gasteiger partial charge on any atom is 0.230 e. The number of nitrogens with zero attached hydrogens (tertiary/aromatic N) is 1. The summed E-state index contributed by atoms with van der Waals surface area (Å²) in [5, 5.41) is 3.41. The molecule has 1 heterocycles. The molecule has 2 aliphatic rings. The first kappa shape index (κ1) is 14.4. The van der Waals surface area contributed by atoms with Gasteiger partial charge in [0, 0.05) is 13.1 Å². The van der Waals surface area contributed by atoms with Crippen LogP contribution in [0.2, 0.25) is 0 Å². The lowest BCUT2D eigenvalue weighted by molar-refractivity contribution is -0.143. The molecule has 0 aromatic carbocycles. The molecule has 0 aromatic heterocycles. The molecule has 0 spiro atoms. The van der Waals surface area contributed by atoms with E-state index in [2.05, 4.69) is 18.2 Å². The van der Waals surface area contributed by atoms with Crippen LogP contribution in [0.1, 0.15) is 45.4 Å². The Hall–Kier alpha value is -1.01. The van der Waals surface area contributed by atoms with E-state index in [-0.39, 0.29) is 5.41 Å². The molecule has 1 amide bonds. The summed E-state index contributed by atoms with van der Waals surface area (Å²) < 4.78 is 0. The summed E-state index contributed by atoms with van der Waals surface area (Å²) in [7, 11) is 0. The Morgan fingerprint density at radius 3 is 2.84 bits per heavy atom. The molecule has 0 aromatic rings. The predicted molar refractivity (Wildman–Crippen MR) is 77.6 cm³/mol. The molecule has 3 heteroatoms. The van der Waals surface area contributed by atoms with Crippen LogP contribution < -0.4 is 5.32 Å². The number of piperidine rings is 1. The molecule has 2 rings (SSSR count). The average molecular weight is 262 g/mol. The number of terminal acetylenes is 1. The second-order valence-electron chi connectivity index (χ2n) is 6.14. The van der Waals surface area contributed by atoms with E-state index >= 15 is 0 Å². The van der Waals surface area contributed by atoms with Gasteiger partial charge in [0.1, 0.15) is 0 Å². The zero-order valence-electron chi connectivity index (χ0n) is 12.1. The van der Waals surface area contributed by atoms with E-state index in [4.69, 9.17) is 6.42 Å². The quantitative estimate of drug-likeness (QED) is 0.743. The van der Waals surface area contributed by atoms with Crippen molar-refractivity contribution in [2.75, 3.05) is 26.2 Å². The fraction of sp³-hybridized carbons (Fsp3) is 0.812. The Kier molecular flexibility index (Phi) is 4.87. The van der Waals surface area contributed by atoms with Crippen LogP contribution in [-0.4, -0.2) is 37.0 Å². The third-order valence-electron chi connectivity index (χ3n) is 4.40. The van der Waals surface area contributed by atoms with Crippen molar-refractivity contribution in [2.24, 2.45) is 11.3 Å². The van der Waals surface area contributed by atoms with Crippen LogP contribution in [-0.2, 0) is 4.79 Å². The van der Waals surface area contributed by atoms with Crippen molar-refractivity contribution in [3.8, 4) is 12.3 Å². The zero-order valence-corrected chi connectivity index (χ0v) is 12.1. The van der Waals surface area contributed by atoms with Gasteiger partial charge in [-0.2, -0.15) is 0 Å². The molecular weight excluding hydrogens is 236 g/mol. The van der Waals surface area contributed by atoms with Crippen LogP contribution in [0, 0.1) is 23.7 Å². The van der Waals surface area contributed by atoms with Crippen molar-refractivity contribution in [3.05, 3.63) is 0 Å². The Labute approximate surface area is 117 Å². The molecule has 2 fully saturated rings. The Bertz CT molecular complexity index is 343. The molecule has 1 atom stereocenters. The molecule has 1 saturated carbocycles. The van der Waals surface area contributed by atoms with E-state index in [1.807, 2.05) is 4.90 Å². The summed E-state index contributed by atoms with van der Waals surface area (Å²) in [6.45, 7) is 5.37. The van der Waals surface area contributed by atoms with E-state index in [0.29, 0.717) is 18.4 Å². The predicted octanol–water partition coefficient (Wildman–Crippen LogP) is 2.03. The third kappa shape index (κ3) is 3.51. The van der Waals surface area contributed by atoms with Gasteiger partial charge in [0.05, 0.1) is 12.0 Å². The van der Waals surface area contributed by atoms with Gasteiger partial charge < -0.3 is 10.2 Å². The summed E-state index contributed by atoms with van der Waals surface area (Å²) >= 11 is 0. The van der Waals surface area contributed by atoms with Gasteiger partial charge in [-0.15, -0.1) is 6.42 Å². The topological polar surface area (TPSA) is 32.3 Å². The van der Waals surface area contributed by atoms with E-state index in [9.17, 15) is 4.79 Å². The average Bonchev–Trinajstić information content (AvgIpc) is 3.23. The monoisotopic (exact) mass is 262 g/mol. The number of hydrogen-bond acceptors (Lipinski definition) is 2. The van der Waals surface area contributed by atoms with Crippen molar-refractivity contribution >= 4 is 5.91 Å². The van der Waals surface area contributed by atoms with Crippen molar-refractivity contribution < 1.29 is 4.79 Å². The highest BCUT2D eigenvalue weighted by Gasteiger charge is 2.42. The highest BCUT2D eigenvalue weighted by Crippen LogP contribution is 2.36. The first-order valence-electron chi connectivity index (χ1n) is 7.65. The molecule has 19 heavy (non-hydrogen) atoms. The van der Waals surface area contributed by atoms with Crippen LogP contribution in [0.15, 0.2) is 0 Å². The molecule has 1 unspecified atom stereocenters. The second kappa shape index (κ2) is 6.43. The number of hydrogen-bond donors (Lipinski definition) is 1. The van der Waals surface area contributed by atoms with Crippen molar-refractivity contribution in [1.29, 1.82) is 0 Å². The first-order chi connectivity index (χ1) is 9.22. The van der Waals surface area contributed by atoms with Gasteiger partial charge in [-0.1, -0.05) is 19.3 Å². The number of amides is 1. The van der Waals surface area contributed by atoms with Gasteiger partial charge in [-0.3, -0.25) is 4.79 Å². The van der Waals surface area contributed by atoms with Crippen molar-refractivity contribution in [2.45, 2.75) is 45.4 Å². The lowest BCUT2D eigenvalue weighted by atomic mass is 9.75. The molecule has 106 valence electrons. The summed E-state index contributed by atoms with van der Waals surface area (Å²) in [4.78, 5) is 14.9. The van der Waals surface area contributed by atoms with Crippen LogP contribution in [0.4, 0.5) is 0 Å². The molecule has 0 radical (unpaired) electrons. The van der Waals surface area contributed by atoms with Crippen LogP contribution in [0.3, 0.4) is 0 Å². The van der Waals surface area contributed by atoms with Crippen LogP contribution in [0.5, 0.6) is 0 Å². The number of rotatable bonds is 6. The fourth-order valence-corrected chi connectivity index (χ4v) is 3.23. The largest absolute Gasteiger partial charge is 0.331 e. The standard InChI is InChI=1S/C16H26N2O/c1-3-8-16(9-5-10-17-13-16)15(19)18(11-4-2)12-14-6-7-14/h2,14,17H,3,5-13H2,1H3. The minimum absolute atomic E-state index is 0.196. The minimum atomic E-state index is -0.196. The van der Waals surface area contributed by atoms with Gasteiger partial charge in [0.25, 0.3) is 0 Å². The van der Waals surface area contributed by atoms with E-state index in [1.54, 1.807) is 0 Å². The molecule has 1 aliphatic heterocycles. The van der Waals surface area contributed by atoms with Gasteiger partial charge in [0.2, 0.25) is 5.91 Å². The molecule has 0 bridgehead atoms. The van der Waals surface area contributed by atoms with Gasteiger partial charge >= 0.3 is 0 Å². The number of nitrogens with one attached hydrogen (secondary N) is 1. The molecule has 3 nitrogen and oxygen atoms in total. The van der Waals surface area contributed by atoms with Crippen LogP contribution in [0.25, 0.3) is 0 Å². The van der Waals surface area contributed by atoms with E-state index < -0.39 is 0 Å². The minimum Gasteiger partial charge on any atom is -0.331 e. The molecular formula is C16H26N2O. The number of carbonyl (C=O) groups is 1. The van der Waals surface area contributed by atoms with Crippen LogP contribution >= 0.6 is 0 Å². The SMILES string of the molecule is C#CCN(CC1CC1)C(=O)C1(CCC)CCCNC1. The Morgan fingerprint density at radius 1 is 1.53 bits per heavy atom. The first-order valence-corrected chi connectivity index (χ1v) is 7.65. The lowest BCUT2D eigenvalue weighted by Gasteiger charge is -2.39. The summed E-state index contributed by atoms with van der Waals surface area (Å²) in [6.07, 6.45) is 12.1. The van der Waals surface area contributed by atoms with Gasteiger partial charge in [-0.25, -0.2) is 0 Å². The van der Waals surface area contributed by atoms with Crippen molar-refractivity contribution in [1.82, 2.24) is 10.2 Å². The summed E-state index contributed by atoms with van der Waals surface area (Å²) in [5.41, 5.74) is -0.196. The maximum atomic E-state index is 13.0. The van der Waals surface area contributed by atoms with E-state index in [0.717, 1.165) is 45.3 Å². The van der Waals surface area contributed by atoms with Gasteiger partial charge in [0.15, 0.2) is 0 Å². The Balaban J connectivity index is 2.08. The van der Waals surface area contributed by atoms with Gasteiger partial charge in [-0.05, 0) is 44.6 Å². The lowest BCUT2D eigenvalue weighted by Crippen LogP contribution is -2.52. The Morgan fingerprint density at radius 2 is 2.32 bits per heavy atom. The third-order valence-corrected chi connectivity index (χ3v) is 4.40. The summed E-state index contributed by atoms with van der Waals surface area (Å²) in [5.74, 6) is 3.66. The molecule has 1 aliphatic carbocycles. The normalized spacial score (nSPS) is 26.7. The summed E-state index contributed by atoms with van der Waals surface area (Å²) in [6, 6.07) is 0. The zero-order chi connectivity index (χ0) is 13.7. The highest BCUT2D eigenvalue weighted by atomic mass is 16.2. The van der Waals surface area contributed by atoms with Crippen molar-refractivity contribution in [3.63, 3.8) is 0 Å². The molecule has 1 N–H and O–H groups in total. The highest BCUT2D eigenvalue weighted by molar-refractivity contribution is 5.83. The number of carbonyl (C=O) groups excluding carboxylic acids is 1. The molecule has 1 saturated heterocycles.